The van der Waals surface area contributed by atoms with Gasteiger partial charge in [-0.05, 0) is 41.5 Å². The molecule has 0 aromatic heterocycles. The first kappa shape index (κ1) is 16.3. The maximum absolute atomic E-state index is 13.2. The van der Waals surface area contributed by atoms with E-state index < -0.39 is 11.6 Å². The number of fused-ring (bicyclic) bond motifs is 2. The normalized spacial score (nSPS) is 21.5. The fraction of sp³-hybridized carbons (Fsp3) is 0.200. The van der Waals surface area contributed by atoms with Gasteiger partial charge in [-0.25, -0.2) is 9.18 Å². The van der Waals surface area contributed by atoms with Crippen LogP contribution >= 0.6 is 0 Å². The van der Waals surface area contributed by atoms with E-state index in [9.17, 15) is 14.0 Å². The van der Waals surface area contributed by atoms with E-state index in [4.69, 9.17) is 9.47 Å². The van der Waals surface area contributed by atoms with Gasteiger partial charge in [0.05, 0.1) is 12.8 Å². The number of nitrogens with zero attached hydrogens (tertiary/aromatic N) is 1. The topological polar surface area (TPSA) is 55.8 Å². The number of carbonyl (C=O) groups excluding carboxylic acids is 2. The van der Waals surface area contributed by atoms with Crippen LogP contribution in [0.4, 0.5) is 10.1 Å². The van der Waals surface area contributed by atoms with Gasteiger partial charge in [-0.1, -0.05) is 12.1 Å². The van der Waals surface area contributed by atoms with E-state index in [-0.39, 0.29) is 18.1 Å². The summed E-state index contributed by atoms with van der Waals surface area (Å²) in [6.07, 6.45) is 1.53. The van der Waals surface area contributed by atoms with E-state index >= 15 is 0 Å². The third-order valence-corrected chi connectivity index (χ3v) is 4.87. The number of halogens is 1. The summed E-state index contributed by atoms with van der Waals surface area (Å²) in [6, 6.07) is 11.1. The van der Waals surface area contributed by atoms with Gasteiger partial charge >= 0.3 is 5.97 Å². The fourth-order valence-corrected chi connectivity index (χ4v) is 3.57. The standard InChI is InChI=1S/C20H16FNO4/c1-22-17-8-7-15(25-2)10-16(17)20(19(22)24)11-13(9-18(23)26-20)12-3-5-14(21)6-4-12/h3-10H,11H2,1-2H3/t20-/m0/s1. The van der Waals surface area contributed by atoms with Crippen molar-refractivity contribution < 1.29 is 23.5 Å². The van der Waals surface area contributed by atoms with E-state index in [1.54, 1.807) is 37.4 Å². The van der Waals surface area contributed by atoms with Crippen molar-refractivity contribution in [1.82, 2.24) is 0 Å². The number of likely N-dealkylation sites (N-methyl/N-ethyl adjacent to an activating group) is 1. The van der Waals surface area contributed by atoms with E-state index in [1.165, 1.54) is 30.2 Å². The van der Waals surface area contributed by atoms with Crippen LogP contribution in [0, 0.1) is 5.82 Å². The minimum absolute atomic E-state index is 0.174. The molecule has 2 aliphatic heterocycles. The minimum Gasteiger partial charge on any atom is -0.497 e. The molecule has 26 heavy (non-hydrogen) atoms. The Balaban J connectivity index is 1.84. The van der Waals surface area contributed by atoms with E-state index in [1.807, 2.05) is 0 Å². The molecular formula is C20H16FNO4. The summed E-state index contributed by atoms with van der Waals surface area (Å²) < 4.78 is 24.1. The maximum Gasteiger partial charge on any atom is 0.332 e. The van der Waals surface area contributed by atoms with Gasteiger partial charge < -0.3 is 14.4 Å². The largest absolute Gasteiger partial charge is 0.497 e. The molecular weight excluding hydrogens is 337 g/mol. The maximum atomic E-state index is 13.2. The van der Waals surface area contributed by atoms with Crippen molar-refractivity contribution in [2.45, 2.75) is 12.0 Å². The molecule has 0 radical (unpaired) electrons. The van der Waals surface area contributed by atoms with Crippen LogP contribution in [0.25, 0.3) is 5.57 Å². The molecule has 0 bridgehead atoms. The van der Waals surface area contributed by atoms with Crippen LogP contribution in [-0.4, -0.2) is 26.0 Å². The van der Waals surface area contributed by atoms with Gasteiger partial charge in [-0.15, -0.1) is 0 Å². The summed E-state index contributed by atoms with van der Waals surface area (Å²) in [5.74, 6) is -0.718. The number of benzene rings is 2. The highest BCUT2D eigenvalue weighted by Gasteiger charge is 2.55. The predicted octanol–water partition coefficient (Wildman–Crippen LogP) is 3.04. The summed E-state index contributed by atoms with van der Waals surface area (Å²) in [6.45, 7) is 0. The second kappa shape index (κ2) is 5.69. The molecule has 0 fully saturated rings. The molecule has 0 aliphatic carbocycles. The van der Waals surface area contributed by atoms with Crippen molar-refractivity contribution in [2.75, 3.05) is 19.1 Å². The number of anilines is 1. The Morgan fingerprint density at radius 3 is 2.58 bits per heavy atom. The van der Waals surface area contributed by atoms with Gasteiger partial charge in [0.1, 0.15) is 11.6 Å². The van der Waals surface area contributed by atoms with Crippen LogP contribution in [0.1, 0.15) is 17.5 Å². The molecule has 0 saturated heterocycles. The molecule has 5 nitrogen and oxygen atoms in total. The highest BCUT2D eigenvalue weighted by Crippen LogP contribution is 2.50. The van der Waals surface area contributed by atoms with Crippen molar-refractivity contribution in [2.24, 2.45) is 0 Å². The summed E-state index contributed by atoms with van der Waals surface area (Å²) in [5, 5.41) is 0. The molecule has 0 saturated carbocycles. The van der Waals surface area contributed by atoms with Crippen LogP contribution in [0.15, 0.2) is 48.5 Å². The first-order chi connectivity index (χ1) is 12.4. The van der Waals surface area contributed by atoms with E-state index in [0.717, 1.165) is 0 Å². The Bertz CT molecular complexity index is 951. The van der Waals surface area contributed by atoms with Gasteiger partial charge in [-0.2, -0.15) is 0 Å². The Kier molecular flexibility index (Phi) is 3.57. The van der Waals surface area contributed by atoms with Gasteiger partial charge in [0.25, 0.3) is 5.91 Å². The summed E-state index contributed by atoms with van der Waals surface area (Å²) in [5.41, 5.74) is 1.12. The molecule has 4 rings (SSSR count). The first-order valence-electron chi connectivity index (χ1n) is 8.11. The summed E-state index contributed by atoms with van der Waals surface area (Å²) >= 11 is 0. The molecule has 1 atom stereocenters. The van der Waals surface area contributed by atoms with Crippen molar-refractivity contribution in [3.05, 3.63) is 65.5 Å². The van der Waals surface area contributed by atoms with Crippen LogP contribution in [-0.2, 0) is 19.9 Å². The van der Waals surface area contributed by atoms with Crippen molar-refractivity contribution in [1.29, 1.82) is 0 Å². The quantitative estimate of drug-likeness (QED) is 0.779. The fourth-order valence-electron chi connectivity index (χ4n) is 3.57. The highest BCUT2D eigenvalue weighted by atomic mass is 19.1. The number of esters is 1. The lowest BCUT2D eigenvalue weighted by molar-refractivity contribution is -0.163. The SMILES string of the molecule is COc1ccc2c(c1)[C@@]1(CC(c3ccc(F)cc3)=CC(=O)O1)C(=O)N2C. The zero-order valence-electron chi connectivity index (χ0n) is 14.3. The molecule has 0 unspecified atom stereocenters. The van der Waals surface area contributed by atoms with Gasteiger partial charge in [0.2, 0.25) is 5.60 Å². The van der Waals surface area contributed by atoms with Crippen LogP contribution < -0.4 is 9.64 Å². The smallest absolute Gasteiger partial charge is 0.332 e. The number of rotatable bonds is 2. The number of ether oxygens (including phenoxy) is 2. The Labute approximate surface area is 149 Å². The van der Waals surface area contributed by atoms with Gasteiger partial charge in [0.15, 0.2) is 0 Å². The molecule has 132 valence electrons. The van der Waals surface area contributed by atoms with Crippen molar-refractivity contribution >= 4 is 23.1 Å². The third-order valence-electron chi connectivity index (χ3n) is 4.87. The number of hydrogen-bond acceptors (Lipinski definition) is 4. The van der Waals surface area contributed by atoms with Gasteiger partial charge in [0, 0.05) is 25.1 Å². The molecule has 1 spiro atoms. The zero-order chi connectivity index (χ0) is 18.5. The lowest BCUT2D eigenvalue weighted by Gasteiger charge is -2.32. The summed E-state index contributed by atoms with van der Waals surface area (Å²) in [4.78, 5) is 26.8. The summed E-state index contributed by atoms with van der Waals surface area (Å²) in [7, 11) is 3.18. The molecule has 2 aliphatic rings. The molecule has 2 aromatic carbocycles. The van der Waals surface area contributed by atoms with Crippen molar-refractivity contribution in [3.63, 3.8) is 0 Å². The molecule has 2 aromatic rings. The predicted molar refractivity (Wildman–Crippen MR) is 93.2 cm³/mol. The molecule has 1 amide bonds. The van der Waals surface area contributed by atoms with Gasteiger partial charge in [-0.3, -0.25) is 4.79 Å². The number of hydrogen-bond donors (Lipinski definition) is 0. The van der Waals surface area contributed by atoms with E-state index in [0.29, 0.717) is 28.1 Å². The average Bonchev–Trinajstić information content (AvgIpc) is 2.83. The van der Waals surface area contributed by atoms with Crippen LogP contribution in [0.2, 0.25) is 0 Å². The molecule has 0 N–H and O–H groups in total. The highest BCUT2D eigenvalue weighted by molar-refractivity contribution is 6.11. The van der Waals surface area contributed by atoms with Crippen LogP contribution in [0.3, 0.4) is 0 Å². The Hall–Kier alpha value is -3.15. The second-order valence-electron chi connectivity index (χ2n) is 6.35. The lowest BCUT2D eigenvalue weighted by atomic mass is 9.83. The average molecular weight is 353 g/mol. The zero-order valence-corrected chi connectivity index (χ0v) is 14.3. The third kappa shape index (κ3) is 2.29. The Morgan fingerprint density at radius 1 is 1.15 bits per heavy atom. The molecule has 6 heteroatoms. The second-order valence-corrected chi connectivity index (χ2v) is 6.35. The number of amides is 1. The Morgan fingerprint density at radius 2 is 1.88 bits per heavy atom. The van der Waals surface area contributed by atoms with Crippen molar-refractivity contribution in [3.8, 4) is 5.75 Å². The van der Waals surface area contributed by atoms with E-state index in [2.05, 4.69) is 0 Å². The number of carbonyl (C=O) groups is 2. The van der Waals surface area contributed by atoms with Crippen LogP contribution in [0.5, 0.6) is 5.75 Å². The lowest BCUT2D eigenvalue weighted by Crippen LogP contribution is -2.44. The first-order valence-corrected chi connectivity index (χ1v) is 8.11. The molecule has 2 heterocycles. The minimum atomic E-state index is -1.44. The number of methoxy groups -OCH3 is 1. The monoisotopic (exact) mass is 353 g/mol.